The first kappa shape index (κ1) is 26.5. The Labute approximate surface area is 232 Å². The zero-order valence-corrected chi connectivity index (χ0v) is 23.9. The van der Waals surface area contributed by atoms with Gasteiger partial charge in [-0.25, -0.2) is 0 Å². The molecule has 2 aromatic rings. The summed E-state index contributed by atoms with van der Waals surface area (Å²) in [5.74, 6) is 3.92. The van der Waals surface area contributed by atoms with Gasteiger partial charge in [-0.1, -0.05) is 56.8 Å². The number of benzene rings is 1. The molecule has 2 aliphatic heterocycles. The van der Waals surface area contributed by atoms with Gasteiger partial charge in [-0.15, -0.1) is 0 Å². The first-order valence-corrected chi connectivity index (χ1v) is 14.9. The summed E-state index contributed by atoms with van der Waals surface area (Å²) in [5, 5.41) is 8.25. The molecule has 1 aromatic carbocycles. The Balaban J connectivity index is 1.32. The summed E-state index contributed by atoms with van der Waals surface area (Å²) >= 11 is 12.0. The van der Waals surface area contributed by atoms with Crippen molar-refractivity contribution in [1.29, 1.82) is 0 Å². The van der Waals surface area contributed by atoms with Gasteiger partial charge in [0.05, 0.1) is 0 Å². The standard InChI is InChI=1S/C29H41ClN6S/c1-21-16-22(2)19-36(18-21)26-17-25(35-14-6-7-15-35)32-27(33-26)34-28(37)31-20-29(12-4-3-5-13-29)23-8-10-24(30)11-9-23/h8-11,17,21-22H,3-7,12-16,18-20H2,1-2H3,(H2,31,32,33,34,37). The Morgan fingerprint density at radius 1 is 0.946 bits per heavy atom. The molecule has 8 heteroatoms. The molecule has 37 heavy (non-hydrogen) atoms. The van der Waals surface area contributed by atoms with Crippen LogP contribution in [0, 0.1) is 11.8 Å². The molecule has 1 saturated carbocycles. The molecule has 3 heterocycles. The van der Waals surface area contributed by atoms with Gasteiger partial charge >= 0.3 is 0 Å². The third kappa shape index (κ3) is 6.48. The van der Waals surface area contributed by atoms with Gasteiger partial charge in [0.2, 0.25) is 5.95 Å². The highest BCUT2D eigenvalue weighted by molar-refractivity contribution is 7.80. The van der Waals surface area contributed by atoms with E-state index >= 15 is 0 Å². The van der Waals surface area contributed by atoms with Crippen LogP contribution in [-0.4, -0.2) is 47.8 Å². The highest BCUT2D eigenvalue weighted by Gasteiger charge is 2.34. The first-order chi connectivity index (χ1) is 17.9. The number of halogens is 1. The maximum Gasteiger partial charge on any atom is 0.232 e. The Bertz CT molecular complexity index is 1050. The lowest BCUT2D eigenvalue weighted by molar-refractivity contribution is 0.292. The van der Waals surface area contributed by atoms with E-state index in [1.165, 1.54) is 44.1 Å². The molecule has 1 aromatic heterocycles. The van der Waals surface area contributed by atoms with E-state index in [1.54, 1.807) is 0 Å². The highest BCUT2D eigenvalue weighted by Crippen LogP contribution is 2.39. The van der Waals surface area contributed by atoms with Gasteiger partial charge < -0.3 is 20.4 Å². The summed E-state index contributed by atoms with van der Waals surface area (Å²) < 4.78 is 0. The molecular formula is C29H41ClN6S. The SMILES string of the molecule is CC1CC(C)CN(c2cc(N3CCCC3)nc(NC(=S)NCC3(c4ccc(Cl)cc4)CCCCC3)n2)C1. The number of piperidine rings is 1. The Morgan fingerprint density at radius 3 is 2.22 bits per heavy atom. The van der Waals surface area contributed by atoms with Crippen molar-refractivity contribution in [3.8, 4) is 0 Å². The van der Waals surface area contributed by atoms with Gasteiger partial charge in [0, 0.05) is 49.2 Å². The molecular weight excluding hydrogens is 500 g/mol. The van der Waals surface area contributed by atoms with E-state index in [9.17, 15) is 0 Å². The van der Waals surface area contributed by atoms with Crippen LogP contribution in [0.25, 0.3) is 0 Å². The maximum atomic E-state index is 6.19. The molecule has 2 N–H and O–H groups in total. The van der Waals surface area contributed by atoms with Gasteiger partial charge in [0.25, 0.3) is 0 Å². The van der Waals surface area contributed by atoms with E-state index in [2.05, 4.69) is 52.5 Å². The highest BCUT2D eigenvalue weighted by atomic mass is 35.5. The van der Waals surface area contributed by atoms with Gasteiger partial charge in [0.1, 0.15) is 11.6 Å². The van der Waals surface area contributed by atoms with E-state index in [-0.39, 0.29) is 5.41 Å². The summed E-state index contributed by atoms with van der Waals surface area (Å²) in [7, 11) is 0. The molecule has 0 bridgehead atoms. The van der Waals surface area contributed by atoms with E-state index in [1.807, 2.05) is 12.1 Å². The van der Waals surface area contributed by atoms with E-state index in [0.29, 0.717) is 22.9 Å². The average molecular weight is 541 g/mol. The Hall–Kier alpha value is -2.12. The molecule has 6 nitrogen and oxygen atoms in total. The fourth-order valence-corrected chi connectivity index (χ4v) is 6.88. The minimum absolute atomic E-state index is 0.0675. The van der Waals surface area contributed by atoms with Crippen molar-refractivity contribution >= 4 is 46.5 Å². The number of hydrogen-bond acceptors (Lipinski definition) is 5. The van der Waals surface area contributed by atoms with Crippen molar-refractivity contribution in [3.05, 3.63) is 40.9 Å². The second kappa shape index (κ2) is 11.7. The average Bonchev–Trinajstić information content (AvgIpc) is 3.43. The topological polar surface area (TPSA) is 56.3 Å². The predicted octanol–water partition coefficient (Wildman–Crippen LogP) is 6.40. The van der Waals surface area contributed by atoms with Crippen molar-refractivity contribution in [2.45, 2.75) is 70.6 Å². The largest absolute Gasteiger partial charge is 0.361 e. The summed E-state index contributed by atoms with van der Waals surface area (Å²) in [6.07, 6.45) is 9.78. The van der Waals surface area contributed by atoms with Crippen molar-refractivity contribution in [2.75, 3.05) is 47.8 Å². The van der Waals surface area contributed by atoms with E-state index in [4.69, 9.17) is 33.8 Å². The zero-order chi connectivity index (χ0) is 25.8. The van der Waals surface area contributed by atoms with Crippen LogP contribution >= 0.6 is 23.8 Å². The fraction of sp³-hybridized carbons (Fsp3) is 0.621. The molecule has 5 rings (SSSR count). The number of nitrogens with one attached hydrogen (secondary N) is 2. The first-order valence-electron chi connectivity index (χ1n) is 14.1. The van der Waals surface area contributed by atoms with E-state index in [0.717, 1.165) is 62.2 Å². The van der Waals surface area contributed by atoms with Crippen LogP contribution in [0.1, 0.15) is 70.8 Å². The smallest absolute Gasteiger partial charge is 0.232 e. The Kier molecular flexibility index (Phi) is 8.40. The lowest BCUT2D eigenvalue weighted by Crippen LogP contribution is -2.43. The van der Waals surface area contributed by atoms with Crippen LogP contribution in [-0.2, 0) is 5.41 Å². The molecule has 2 atom stereocenters. The number of hydrogen-bond donors (Lipinski definition) is 2. The van der Waals surface area contributed by atoms with Gasteiger partial charge in [0.15, 0.2) is 5.11 Å². The number of thiocarbonyl (C=S) groups is 1. The summed E-state index contributed by atoms with van der Waals surface area (Å²) in [4.78, 5) is 14.7. The van der Waals surface area contributed by atoms with Crippen LogP contribution in [0.15, 0.2) is 30.3 Å². The Morgan fingerprint density at radius 2 is 1.57 bits per heavy atom. The number of aromatic nitrogens is 2. The molecule has 0 amide bonds. The molecule has 200 valence electrons. The minimum atomic E-state index is 0.0675. The summed E-state index contributed by atoms with van der Waals surface area (Å²) in [6.45, 7) is 9.64. The third-order valence-corrected chi connectivity index (χ3v) is 8.90. The predicted molar refractivity (Wildman–Crippen MR) is 159 cm³/mol. The second-order valence-corrected chi connectivity index (χ2v) is 12.5. The molecule has 3 fully saturated rings. The summed E-state index contributed by atoms with van der Waals surface area (Å²) in [5.41, 5.74) is 1.41. The van der Waals surface area contributed by atoms with Crippen LogP contribution < -0.4 is 20.4 Å². The quantitative estimate of drug-likeness (QED) is 0.411. The summed E-state index contributed by atoms with van der Waals surface area (Å²) in [6, 6.07) is 10.6. The number of nitrogens with zero attached hydrogens (tertiary/aromatic N) is 4. The molecule has 3 aliphatic rings. The van der Waals surface area contributed by atoms with Crippen molar-refractivity contribution in [2.24, 2.45) is 11.8 Å². The molecule has 1 aliphatic carbocycles. The number of anilines is 3. The van der Waals surface area contributed by atoms with Crippen LogP contribution in [0.4, 0.5) is 17.6 Å². The zero-order valence-electron chi connectivity index (χ0n) is 22.3. The van der Waals surface area contributed by atoms with Crippen molar-refractivity contribution in [3.63, 3.8) is 0 Å². The van der Waals surface area contributed by atoms with Crippen molar-refractivity contribution < 1.29 is 0 Å². The second-order valence-electron chi connectivity index (χ2n) is 11.6. The van der Waals surface area contributed by atoms with Crippen molar-refractivity contribution in [1.82, 2.24) is 15.3 Å². The maximum absolute atomic E-state index is 6.19. The minimum Gasteiger partial charge on any atom is -0.361 e. The van der Waals surface area contributed by atoms with Gasteiger partial charge in [-0.2, -0.15) is 9.97 Å². The van der Waals surface area contributed by atoms with Gasteiger partial charge in [-0.3, -0.25) is 0 Å². The third-order valence-electron chi connectivity index (χ3n) is 8.40. The molecule has 2 saturated heterocycles. The van der Waals surface area contributed by atoms with Crippen LogP contribution in [0.2, 0.25) is 5.02 Å². The van der Waals surface area contributed by atoms with Crippen LogP contribution in [0.3, 0.4) is 0 Å². The molecule has 0 radical (unpaired) electrons. The lowest BCUT2D eigenvalue weighted by atomic mass is 9.69. The fourth-order valence-electron chi connectivity index (χ4n) is 6.59. The van der Waals surface area contributed by atoms with Crippen LogP contribution in [0.5, 0.6) is 0 Å². The lowest BCUT2D eigenvalue weighted by Gasteiger charge is -2.38. The van der Waals surface area contributed by atoms with Gasteiger partial charge in [-0.05, 0) is 73.9 Å². The monoisotopic (exact) mass is 540 g/mol. The number of rotatable bonds is 6. The molecule has 2 unspecified atom stereocenters. The normalized spacial score (nSPS) is 23.6. The molecule has 0 spiro atoms. The van der Waals surface area contributed by atoms with E-state index < -0.39 is 0 Å².